The Kier molecular flexibility index (Phi) is 3.82. The van der Waals surface area contributed by atoms with Crippen LogP contribution in [0, 0.1) is 5.82 Å². The second kappa shape index (κ2) is 5.61. The van der Waals surface area contributed by atoms with Crippen LogP contribution in [0.4, 0.5) is 4.39 Å². The zero-order valence-corrected chi connectivity index (χ0v) is 12.7. The quantitative estimate of drug-likeness (QED) is 0.692. The summed E-state index contributed by atoms with van der Waals surface area (Å²) in [7, 11) is 1.79. The van der Waals surface area contributed by atoms with Crippen LogP contribution < -0.4 is 0 Å². The number of hydrogen-bond donors (Lipinski definition) is 0. The molecule has 0 saturated heterocycles. The van der Waals surface area contributed by atoms with Crippen LogP contribution >= 0.6 is 23.2 Å². The molecule has 0 N–H and O–H groups in total. The lowest BCUT2D eigenvalue weighted by Gasteiger charge is -2.06. The van der Waals surface area contributed by atoms with Crippen LogP contribution in [0.1, 0.15) is 11.6 Å². The number of halogens is 3. The molecule has 0 amide bonds. The molecule has 1 aromatic carbocycles. The molecule has 5 nitrogen and oxygen atoms in total. The van der Waals surface area contributed by atoms with Crippen LogP contribution in [-0.2, 0) is 20.0 Å². The largest absolute Gasteiger partial charge is 0.320 e. The Morgan fingerprint density at radius 2 is 2.14 bits per heavy atom. The summed E-state index contributed by atoms with van der Waals surface area (Å²) in [5.41, 5.74) is 1.29. The number of benzene rings is 1. The molecule has 0 aliphatic heterocycles. The normalized spacial score (nSPS) is 11.4. The highest BCUT2D eigenvalue weighted by Crippen LogP contribution is 2.24. The highest BCUT2D eigenvalue weighted by molar-refractivity contribution is 6.31. The molecule has 3 aromatic rings. The van der Waals surface area contributed by atoms with E-state index in [1.165, 1.54) is 12.1 Å². The van der Waals surface area contributed by atoms with Gasteiger partial charge in [0.05, 0.1) is 22.6 Å². The number of hydrogen-bond acceptors (Lipinski definition) is 3. The highest BCUT2D eigenvalue weighted by Gasteiger charge is 2.15. The van der Waals surface area contributed by atoms with Gasteiger partial charge >= 0.3 is 0 Å². The van der Waals surface area contributed by atoms with Crippen LogP contribution in [0.15, 0.2) is 18.5 Å². The van der Waals surface area contributed by atoms with Crippen molar-refractivity contribution in [1.29, 1.82) is 0 Å². The van der Waals surface area contributed by atoms with Crippen molar-refractivity contribution in [3.8, 4) is 0 Å². The Hall–Kier alpha value is -1.66. The van der Waals surface area contributed by atoms with Crippen molar-refractivity contribution in [2.45, 2.75) is 13.0 Å². The number of aryl methyl sites for hydroxylation is 2. The number of imidazole rings is 1. The van der Waals surface area contributed by atoms with Crippen molar-refractivity contribution in [2.75, 3.05) is 5.88 Å². The van der Waals surface area contributed by atoms with Crippen LogP contribution in [0.5, 0.6) is 0 Å². The maximum Gasteiger partial charge on any atom is 0.170 e. The topological polar surface area (TPSA) is 48.5 Å². The van der Waals surface area contributed by atoms with E-state index in [-0.39, 0.29) is 5.02 Å². The van der Waals surface area contributed by atoms with Crippen molar-refractivity contribution in [3.63, 3.8) is 0 Å². The minimum absolute atomic E-state index is 0.0561. The molecular weight excluding hydrogens is 316 g/mol. The van der Waals surface area contributed by atoms with E-state index in [1.807, 2.05) is 4.57 Å². The van der Waals surface area contributed by atoms with E-state index < -0.39 is 5.82 Å². The van der Waals surface area contributed by atoms with Gasteiger partial charge in [-0.05, 0) is 6.07 Å². The standard InChI is InChI=1S/C13H12Cl2FN5/c1-20-7-17-12(19-20)6-21-11-5-9(16)8(15)4-10(11)18-13(21)2-3-14/h4-5,7H,2-3,6H2,1H3. The SMILES string of the molecule is Cn1cnc(Cn2c(CCCl)nc3cc(Cl)c(F)cc32)n1. The second-order valence-electron chi connectivity index (χ2n) is 4.64. The third-order valence-electron chi connectivity index (χ3n) is 3.13. The van der Waals surface area contributed by atoms with Crippen molar-refractivity contribution >= 4 is 34.2 Å². The molecule has 0 spiro atoms. The van der Waals surface area contributed by atoms with Gasteiger partial charge in [0.25, 0.3) is 0 Å². The lowest BCUT2D eigenvalue weighted by molar-refractivity contribution is 0.627. The van der Waals surface area contributed by atoms with E-state index in [0.717, 1.165) is 5.82 Å². The van der Waals surface area contributed by atoms with E-state index in [0.29, 0.717) is 35.7 Å². The molecule has 0 fully saturated rings. The maximum atomic E-state index is 13.7. The zero-order chi connectivity index (χ0) is 15.0. The molecule has 0 saturated carbocycles. The summed E-state index contributed by atoms with van der Waals surface area (Å²) in [5.74, 6) is 1.34. The van der Waals surface area contributed by atoms with Gasteiger partial charge in [0, 0.05) is 25.4 Å². The van der Waals surface area contributed by atoms with E-state index >= 15 is 0 Å². The smallest absolute Gasteiger partial charge is 0.170 e. The van der Waals surface area contributed by atoms with Gasteiger partial charge in [0.1, 0.15) is 18.0 Å². The van der Waals surface area contributed by atoms with E-state index in [1.54, 1.807) is 18.1 Å². The first-order valence-corrected chi connectivity index (χ1v) is 7.24. The molecular formula is C13H12Cl2FN5. The van der Waals surface area contributed by atoms with Gasteiger partial charge < -0.3 is 4.57 Å². The van der Waals surface area contributed by atoms with E-state index in [9.17, 15) is 4.39 Å². The Labute approximate surface area is 130 Å². The maximum absolute atomic E-state index is 13.7. The first-order chi connectivity index (χ1) is 10.1. The third kappa shape index (κ3) is 2.73. The van der Waals surface area contributed by atoms with Crippen molar-refractivity contribution in [1.82, 2.24) is 24.3 Å². The Bertz CT molecular complexity index is 795. The predicted molar refractivity (Wildman–Crippen MR) is 79.2 cm³/mol. The van der Waals surface area contributed by atoms with Gasteiger partial charge in [-0.25, -0.2) is 14.4 Å². The Morgan fingerprint density at radius 1 is 1.33 bits per heavy atom. The lowest BCUT2D eigenvalue weighted by Crippen LogP contribution is -2.07. The first-order valence-electron chi connectivity index (χ1n) is 6.33. The second-order valence-corrected chi connectivity index (χ2v) is 5.43. The van der Waals surface area contributed by atoms with Gasteiger partial charge in [-0.3, -0.25) is 4.68 Å². The minimum Gasteiger partial charge on any atom is -0.320 e. The summed E-state index contributed by atoms with van der Waals surface area (Å²) in [6.45, 7) is 0.407. The molecule has 0 radical (unpaired) electrons. The molecule has 110 valence electrons. The fourth-order valence-corrected chi connectivity index (χ4v) is 2.55. The van der Waals surface area contributed by atoms with Gasteiger partial charge in [-0.2, -0.15) is 5.10 Å². The number of alkyl halides is 1. The lowest BCUT2D eigenvalue weighted by atomic mass is 10.3. The van der Waals surface area contributed by atoms with E-state index in [4.69, 9.17) is 23.2 Å². The molecule has 0 atom stereocenters. The average molecular weight is 328 g/mol. The van der Waals surface area contributed by atoms with Crippen molar-refractivity contribution in [3.05, 3.63) is 40.9 Å². The van der Waals surface area contributed by atoms with Crippen molar-refractivity contribution < 1.29 is 4.39 Å². The van der Waals surface area contributed by atoms with Gasteiger partial charge in [0.15, 0.2) is 5.82 Å². The molecule has 8 heteroatoms. The summed E-state index contributed by atoms with van der Waals surface area (Å²) in [4.78, 5) is 8.66. The van der Waals surface area contributed by atoms with Gasteiger partial charge in [-0.1, -0.05) is 11.6 Å². The fourth-order valence-electron chi connectivity index (χ4n) is 2.22. The monoisotopic (exact) mass is 327 g/mol. The van der Waals surface area contributed by atoms with Crippen LogP contribution in [0.25, 0.3) is 11.0 Å². The van der Waals surface area contributed by atoms with Crippen LogP contribution in [-0.4, -0.2) is 30.2 Å². The summed E-state index contributed by atoms with van der Waals surface area (Å²) < 4.78 is 17.2. The van der Waals surface area contributed by atoms with Crippen LogP contribution in [0.2, 0.25) is 5.02 Å². The Balaban J connectivity index is 2.12. The molecule has 3 rings (SSSR count). The van der Waals surface area contributed by atoms with Gasteiger partial charge in [-0.15, -0.1) is 11.6 Å². The molecule has 21 heavy (non-hydrogen) atoms. The number of rotatable bonds is 4. The number of nitrogens with zero attached hydrogens (tertiary/aromatic N) is 5. The third-order valence-corrected chi connectivity index (χ3v) is 3.61. The summed E-state index contributed by atoms with van der Waals surface area (Å²) in [5, 5.41) is 4.29. The first kappa shape index (κ1) is 14.3. The molecule has 2 aromatic heterocycles. The molecule has 0 aliphatic carbocycles. The predicted octanol–water partition coefficient (Wildman–Crippen LogP) is 2.79. The minimum atomic E-state index is -0.475. The molecule has 0 aliphatic rings. The highest BCUT2D eigenvalue weighted by atomic mass is 35.5. The number of aromatic nitrogens is 5. The molecule has 2 heterocycles. The zero-order valence-electron chi connectivity index (χ0n) is 11.2. The van der Waals surface area contributed by atoms with E-state index in [2.05, 4.69) is 15.1 Å². The summed E-state index contributed by atoms with van der Waals surface area (Å²) in [6, 6.07) is 2.90. The van der Waals surface area contributed by atoms with Crippen LogP contribution in [0.3, 0.4) is 0 Å². The summed E-state index contributed by atoms with van der Waals surface area (Å²) >= 11 is 11.6. The fraction of sp³-hybridized carbons (Fsp3) is 0.308. The number of fused-ring (bicyclic) bond motifs is 1. The molecule has 0 bridgehead atoms. The van der Waals surface area contributed by atoms with Gasteiger partial charge in [0.2, 0.25) is 0 Å². The average Bonchev–Trinajstić information content (AvgIpc) is 2.97. The Morgan fingerprint density at radius 3 is 2.81 bits per heavy atom. The summed E-state index contributed by atoms with van der Waals surface area (Å²) in [6.07, 6.45) is 2.19. The van der Waals surface area contributed by atoms with Crippen molar-refractivity contribution in [2.24, 2.45) is 7.05 Å². The molecule has 0 unspecified atom stereocenters.